The number of benzene rings is 2. The Morgan fingerprint density at radius 3 is 2.43 bits per heavy atom. The number of tetrazole rings is 1. The van der Waals surface area contributed by atoms with Crippen molar-refractivity contribution in [3.63, 3.8) is 0 Å². The Morgan fingerprint density at radius 1 is 0.964 bits per heavy atom. The van der Waals surface area contributed by atoms with E-state index in [1.807, 2.05) is 35.0 Å². The first-order chi connectivity index (χ1) is 13.7. The SMILES string of the molecule is CN1CCN([C@H](c2ccccc2F)c2nnnn2CCc2ccccc2)CC1. The molecule has 0 spiro atoms. The molecule has 3 aromatic rings. The zero-order valence-electron chi connectivity index (χ0n) is 16.1. The largest absolute Gasteiger partial charge is 0.304 e. The third-order valence-electron chi connectivity index (χ3n) is 5.36. The monoisotopic (exact) mass is 380 g/mol. The zero-order valence-corrected chi connectivity index (χ0v) is 16.1. The summed E-state index contributed by atoms with van der Waals surface area (Å²) in [6.45, 7) is 4.24. The predicted molar refractivity (Wildman–Crippen MR) is 105 cm³/mol. The lowest BCUT2D eigenvalue weighted by Crippen LogP contribution is -2.47. The lowest BCUT2D eigenvalue weighted by Gasteiger charge is -2.37. The van der Waals surface area contributed by atoms with Gasteiger partial charge in [0.05, 0.1) is 0 Å². The van der Waals surface area contributed by atoms with Crippen LogP contribution in [0, 0.1) is 5.82 Å². The number of aromatic nitrogens is 4. The summed E-state index contributed by atoms with van der Waals surface area (Å²) in [4.78, 5) is 4.57. The van der Waals surface area contributed by atoms with Crippen molar-refractivity contribution in [2.75, 3.05) is 33.2 Å². The van der Waals surface area contributed by atoms with Gasteiger partial charge in [-0.05, 0) is 35.5 Å². The van der Waals surface area contributed by atoms with Crippen LogP contribution in [0.25, 0.3) is 0 Å². The number of hydrogen-bond donors (Lipinski definition) is 0. The highest BCUT2D eigenvalue weighted by Gasteiger charge is 2.31. The quantitative estimate of drug-likeness (QED) is 0.657. The van der Waals surface area contributed by atoms with Gasteiger partial charge in [0.1, 0.15) is 11.9 Å². The average Bonchev–Trinajstić information content (AvgIpc) is 3.18. The molecule has 0 aliphatic carbocycles. The van der Waals surface area contributed by atoms with Gasteiger partial charge >= 0.3 is 0 Å². The van der Waals surface area contributed by atoms with Gasteiger partial charge in [-0.1, -0.05) is 48.5 Å². The Kier molecular flexibility index (Phi) is 5.73. The summed E-state index contributed by atoms with van der Waals surface area (Å²) in [6, 6.07) is 16.9. The van der Waals surface area contributed by atoms with Gasteiger partial charge in [0.25, 0.3) is 0 Å². The fraction of sp³-hybridized carbons (Fsp3) is 0.381. The normalized spacial score (nSPS) is 16.9. The first kappa shape index (κ1) is 18.7. The molecule has 4 rings (SSSR count). The number of piperazine rings is 1. The Labute approximate surface area is 164 Å². The van der Waals surface area contributed by atoms with Crippen molar-refractivity contribution < 1.29 is 4.39 Å². The second kappa shape index (κ2) is 8.58. The highest BCUT2D eigenvalue weighted by molar-refractivity contribution is 5.27. The molecule has 2 aromatic carbocycles. The first-order valence-corrected chi connectivity index (χ1v) is 9.69. The molecule has 0 bridgehead atoms. The van der Waals surface area contributed by atoms with E-state index in [0.29, 0.717) is 17.9 Å². The minimum absolute atomic E-state index is 0.218. The van der Waals surface area contributed by atoms with E-state index in [4.69, 9.17) is 0 Å². The summed E-state index contributed by atoms with van der Waals surface area (Å²) in [5.74, 6) is 0.481. The maximum absolute atomic E-state index is 14.7. The van der Waals surface area contributed by atoms with Crippen LogP contribution in [0.1, 0.15) is 23.0 Å². The van der Waals surface area contributed by atoms with Crippen LogP contribution in [-0.2, 0) is 13.0 Å². The molecule has 0 radical (unpaired) electrons. The van der Waals surface area contributed by atoms with Gasteiger partial charge in [-0.2, -0.15) is 0 Å². The van der Waals surface area contributed by atoms with Gasteiger partial charge in [-0.3, -0.25) is 4.90 Å². The summed E-state index contributed by atoms with van der Waals surface area (Å²) < 4.78 is 16.6. The molecule has 0 amide bonds. The number of nitrogens with zero attached hydrogens (tertiary/aromatic N) is 6. The molecule has 7 heteroatoms. The van der Waals surface area contributed by atoms with E-state index in [-0.39, 0.29) is 11.9 Å². The van der Waals surface area contributed by atoms with E-state index in [0.717, 1.165) is 32.6 Å². The maximum Gasteiger partial charge on any atom is 0.173 e. The predicted octanol–water partition coefficient (Wildman–Crippen LogP) is 2.39. The second-order valence-electron chi connectivity index (χ2n) is 7.26. The Balaban J connectivity index is 1.64. The minimum atomic E-state index is -0.291. The molecule has 2 heterocycles. The van der Waals surface area contributed by atoms with Gasteiger partial charge in [0.2, 0.25) is 0 Å². The topological polar surface area (TPSA) is 50.1 Å². The van der Waals surface area contributed by atoms with Crippen molar-refractivity contribution in [3.05, 3.63) is 77.4 Å². The number of hydrogen-bond acceptors (Lipinski definition) is 5. The van der Waals surface area contributed by atoms with Crippen LogP contribution in [0.4, 0.5) is 4.39 Å². The van der Waals surface area contributed by atoms with E-state index in [9.17, 15) is 4.39 Å². The number of likely N-dealkylation sites (N-methyl/N-ethyl adjacent to an activating group) is 1. The lowest BCUT2D eigenvalue weighted by atomic mass is 10.0. The molecular weight excluding hydrogens is 355 g/mol. The van der Waals surface area contributed by atoms with Crippen LogP contribution >= 0.6 is 0 Å². The molecule has 1 fully saturated rings. The molecule has 0 saturated carbocycles. The van der Waals surface area contributed by atoms with E-state index in [2.05, 4.69) is 44.5 Å². The molecule has 6 nitrogen and oxygen atoms in total. The Bertz CT molecular complexity index is 889. The van der Waals surface area contributed by atoms with Gasteiger partial charge in [0.15, 0.2) is 5.82 Å². The number of halogens is 1. The fourth-order valence-electron chi connectivity index (χ4n) is 3.72. The molecular formula is C21H25FN6. The molecule has 0 unspecified atom stereocenters. The third-order valence-corrected chi connectivity index (χ3v) is 5.36. The van der Waals surface area contributed by atoms with Crippen molar-refractivity contribution >= 4 is 0 Å². The average molecular weight is 380 g/mol. The molecule has 1 aromatic heterocycles. The van der Waals surface area contributed by atoms with Crippen LogP contribution in [0.5, 0.6) is 0 Å². The second-order valence-corrected chi connectivity index (χ2v) is 7.26. The lowest BCUT2D eigenvalue weighted by molar-refractivity contribution is 0.120. The molecule has 1 aliphatic rings. The highest BCUT2D eigenvalue weighted by Crippen LogP contribution is 2.29. The maximum atomic E-state index is 14.7. The van der Waals surface area contributed by atoms with Crippen LogP contribution in [-0.4, -0.2) is 63.2 Å². The van der Waals surface area contributed by atoms with E-state index in [1.54, 1.807) is 6.07 Å². The molecule has 1 aliphatic heterocycles. The summed E-state index contributed by atoms with van der Waals surface area (Å²) in [5, 5.41) is 12.5. The standard InChI is InChI=1S/C21H25FN6/c1-26-13-15-27(16-14-26)20(18-9-5-6-10-19(18)22)21-23-24-25-28(21)12-11-17-7-3-2-4-8-17/h2-10,20H,11-16H2,1H3/t20-/m1/s1. The van der Waals surface area contributed by atoms with Crippen molar-refractivity contribution in [2.24, 2.45) is 0 Å². The molecule has 1 atom stereocenters. The Morgan fingerprint density at radius 2 is 1.68 bits per heavy atom. The summed E-state index contributed by atoms with van der Waals surface area (Å²) in [6.07, 6.45) is 0.825. The zero-order chi connectivity index (χ0) is 19.3. The number of rotatable bonds is 6. The van der Waals surface area contributed by atoms with Crippen LogP contribution in [0.3, 0.4) is 0 Å². The molecule has 28 heavy (non-hydrogen) atoms. The van der Waals surface area contributed by atoms with Crippen molar-refractivity contribution in [1.29, 1.82) is 0 Å². The van der Waals surface area contributed by atoms with E-state index >= 15 is 0 Å². The summed E-state index contributed by atoms with van der Waals surface area (Å²) in [7, 11) is 2.11. The van der Waals surface area contributed by atoms with Crippen molar-refractivity contribution in [3.8, 4) is 0 Å². The molecule has 0 N–H and O–H groups in total. The summed E-state index contributed by atoms with van der Waals surface area (Å²) in [5.41, 5.74) is 1.86. The van der Waals surface area contributed by atoms with Crippen molar-refractivity contribution in [1.82, 2.24) is 30.0 Å². The first-order valence-electron chi connectivity index (χ1n) is 9.69. The summed E-state index contributed by atoms with van der Waals surface area (Å²) >= 11 is 0. The smallest absolute Gasteiger partial charge is 0.173 e. The van der Waals surface area contributed by atoms with Crippen LogP contribution < -0.4 is 0 Å². The van der Waals surface area contributed by atoms with Gasteiger partial charge < -0.3 is 4.90 Å². The molecule has 146 valence electrons. The van der Waals surface area contributed by atoms with Gasteiger partial charge in [0, 0.05) is 38.3 Å². The highest BCUT2D eigenvalue weighted by atomic mass is 19.1. The Hall–Kier alpha value is -2.64. The van der Waals surface area contributed by atoms with E-state index < -0.39 is 0 Å². The minimum Gasteiger partial charge on any atom is -0.304 e. The van der Waals surface area contributed by atoms with Gasteiger partial charge in [-0.25, -0.2) is 9.07 Å². The third kappa shape index (κ3) is 4.10. The fourth-order valence-corrected chi connectivity index (χ4v) is 3.72. The van der Waals surface area contributed by atoms with Crippen LogP contribution in [0.2, 0.25) is 0 Å². The molecule has 1 saturated heterocycles. The van der Waals surface area contributed by atoms with Crippen LogP contribution in [0.15, 0.2) is 54.6 Å². The number of aryl methyl sites for hydroxylation is 2. The van der Waals surface area contributed by atoms with Crippen molar-refractivity contribution in [2.45, 2.75) is 19.0 Å². The van der Waals surface area contributed by atoms with Gasteiger partial charge in [-0.15, -0.1) is 5.10 Å². The van der Waals surface area contributed by atoms with E-state index in [1.165, 1.54) is 11.6 Å².